The first-order chi connectivity index (χ1) is 9.02. The average molecular weight is 284 g/mol. The van der Waals surface area contributed by atoms with Gasteiger partial charge in [-0.15, -0.1) is 0 Å². The third-order valence-corrected chi connectivity index (χ3v) is 3.97. The molecule has 1 aromatic carbocycles. The Balaban J connectivity index is 2.33. The molecule has 3 nitrogen and oxygen atoms in total. The average Bonchev–Trinajstić information content (AvgIpc) is 2.39. The number of carbonyl (C=O) groups excluding carboxylic acids is 1. The van der Waals surface area contributed by atoms with Crippen molar-refractivity contribution < 1.29 is 9.18 Å². The molecule has 1 rings (SSSR count). The molecule has 0 aliphatic carbocycles. The second kappa shape index (κ2) is 8.17. The lowest BCUT2D eigenvalue weighted by atomic mass is 10.1. The van der Waals surface area contributed by atoms with Gasteiger partial charge in [-0.2, -0.15) is 11.8 Å². The van der Waals surface area contributed by atoms with Gasteiger partial charge in [-0.3, -0.25) is 4.79 Å². The first-order valence-corrected chi connectivity index (χ1v) is 7.56. The zero-order chi connectivity index (χ0) is 14.3. The van der Waals surface area contributed by atoms with E-state index in [1.54, 1.807) is 12.1 Å². The van der Waals surface area contributed by atoms with Crippen molar-refractivity contribution in [3.8, 4) is 0 Å². The molecule has 0 saturated carbocycles. The molecule has 0 bridgehead atoms. The highest BCUT2D eigenvalue weighted by Gasteiger charge is 2.10. The van der Waals surface area contributed by atoms with E-state index in [2.05, 4.69) is 5.32 Å². The van der Waals surface area contributed by atoms with Crippen LogP contribution in [-0.4, -0.2) is 23.5 Å². The van der Waals surface area contributed by atoms with Crippen LogP contribution in [0.4, 0.5) is 4.39 Å². The topological polar surface area (TPSA) is 55.1 Å². The van der Waals surface area contributed by atoms with Crippen molar-refractivity contribution >= 4 is 17.7 Å². The Kier molecular flexibility index (Phi) is 6.87. The smallest absolute Gasteiger partial charge is 0.230 e. The molecule has 1 amide bonds. The minimum absolute atomic E-state index is 0.0230. The Bertz CT molecular complexity index is 397. The van der Waals surface area contributed by atoms with Gasteiger partial charge in [0, 0.05) is 11.8 Å². The summed E-state index contributed by atoms with van der Waals surface area (Å²) in [4.78, 5) is 11.7. The van der Waals surface area contributed by atoms with Crippen LogP contribution in [0.3, 0.4) is 0 Å². The summed E-state index contributed by atoms with van der Waals surface area (Å²) in [6.07, 6.45) is 0.917. The van der Waals surface area contributed by atoms with Crippen molar-refractivity contribution in [2.45, 2.75) is 32.4 Å². The third kappa shape index (κ3) is 6.07. The van der Waals surface area contributed by atoms with Gasteiger partial charge >= 0.3 is 0 Å². The number of rotatable bonds is 7. The molecule has 0 spiro atoms. The Morgan fingerprint density at radius 1 is 1.42 bits per heavy atom. The summed E-state index contributed by atoms with van der Waals surface area (Å²) in [6, 6.07) is 6.18. The maximum atomic E-state index is 12.8. The first-order valence-electron chi connectivity index (χ1n) is 6.41. The molecule has 106 valence electrons. The van der Waals surface area contributed by atoms with E-state index in [0.29, 0.717) is 5.75 Å². The lowest BCUT2D eigenvalue weighted by Gasteiger charge is -2.14. The van der Waals surface area contributed by atoms with E-state index in [9.17, 15) is 9.18 Å². The second-order valence-electron chi connectivity index (χ2n) is 4.52. The summed E-state index contributed by atoms with van der Waals surface area (Å²) >= 11 is 1.54. The standard InChI is InChI=1S/C14H21FN2OS/c1-3-13(16)8-19-9-14(18)17-10(2)11-4-6-12(15)7-5-11/h4-7,10,13H,3,8-9,16H2,1-2H3,(H,17,18). The molecule has 0 radical (unpaired) electrons. The Morgan fingerprint density at radius 3 is 2.63 bits per heavy atom. The Labute approximate surface area is 118 Å². The molecule has 2 unspecified atom stereocenters. The quantitative estimate of drug-likeness (QED) is 0.809. The van der Waals surface area contributed by atoms with Gasteiger partial charge in [-0.25, -0.2) is 4.39 Å². The SMILES string of the molecule is CCC(N)CSCC(=O)NC(C)c1ccc(F)cc1. The number of nitrogens with two attached hydrogens (primary N) is 1. The minimum Gasteiger partial charge on any atom is -0.349 e. The molecule has 0 fully saturated rings. The van der Waals surface area contributed by atoms with Crippen LogP contribution in [0.2, 0.25) is 0 Å². The molecular weight excluding hydrogens is 263 g/mol. The predicted molar refractivity (Wildman–Crippen MR) is 78.5 cm³/mol. The fourth-order valence-corrected chi connectivity index (χ4v) is 2.46. The van der Waals surface area contributed by atoms with Gasteiger partial charge in [-0.05, 0) is 31.0 Å². The van der Waals surface area contributed by atoms with Crippen LogP contribution in [0, 0.1) is 5.82 Å². The first kappa shape index (κ1) is 16.0. The van der Waals surface area contributed by atoms with Gasteiger partial charge < -0.3 is 11.1 Å². The van der Waals surface area contributed by atoms with E-state index in [1.807, 2.05) is 13.8 Å². The molecule has 0 heterocycles. The van der Waals surface area contributed by atoms with Gasteiger partial charge in [0.05, 0.1) is 11.8 Å². The van der Waals surface area contributed by atoms with Crippen LogP contribution in [0.5, 0.6) is 0 Å². The van der Waals surface area contributed by atoms with E-state index in [-0.39, 0.29) is 23.8 Å². The van der Waals surface area contributed by atoms with Crippen LogP contribution < -0.4 is 11.1 Å². The Morgan fingerprint density at radius 2 is 2.05 bits per heavy atom. The zero-order valence-corrected chi connectivity index (χ0v) is 12.2. The maximum Gasteiger partial charge on any atom is 0.230 e. The lowest BCUT2D eigenvalue weighted by Crippen LogP contribution is -2.29. The van der Waals surface area contributed by atoms with Crippen molar-refractivity contribution in [2.75, 3.05) is 11.5 Å². The molecule has 0 saturated heterocycles. The number of halogens is 1. The number of thioether (sulfide) groups is 1. The van der Waals surface area contributed by atoms with Crippen LogP contribution in [0.1, 0.15) is 31.9 Å². The number of nitrogens with one attached hydrogen (secondary N) is 1. The van der Waals surface area contributed by atoms with Crippen LogP contribution >= 0.6 is 11.8 Å². The number of amides is 1. The molecular formula is C14H21FN2OS. The molecule has 3 N–H and O–H groups in total. The number of hydrogen-bond acceptors (Lipinski definition) is 3. The highest BCUT2D eigenvalue weighted by molar-refractivity contribution is 7.99. The van der Waals surface area contributed by atoms with Crippen molar-refractivity contribution in [3.63, 3.8) is 0 Å². The van der Waals surface area contributed by atoms with Gasteiger partial charge in [0.2, 0.25) is 5.91 Å². The van der Waals surface area contributed by atoms with Crippen molar-refractivity contribution in [3.05, 3.63) is 35.6 Å². The summed E-state index contributed by atoms with van der Waals surface area (Å²) in [6.45, 7) is 3.91. The number of hydrogen-bond donors (Lipinski definition) is 2. The molecule has 1 aromatic rings. The van der Waals surface area contributed by atoms with E-state index < -0.39 is 0 Å². The highest BCUT2D eigenvalue weighted by Crippen LogP contribution is 2.13. The van der Waals surface area contributed by atoms with E-state index >= 15 is 0 Å². The summed E-state index contributed by atoms with van der Waals surface area (Å²) in [7, 11) is 0. The predicted octanol–water partition coefficient (Wildman–Crippen LogP) is 2.47. The minimum atomic E-state index is -0.272. The summed E-state index contributed by atoms with van der Waals surface area (Å²) in [5, 5.41) is 2.88. The van der Waals surface area contributed by atoms with Crippen molar-refractivity contribution in [1.29, 1.82) is 0 Å². The molecule has 0 aliphatic rings. The number of carbonyl (C=O) groups is 1. The van der Waals surface area contributed by atoms with E-state index in [1.165, 1.54) is 23.9 Å². The monoisotopic (exact) mass is 284 g/mol. The van der Waals surface area contributed by atoms with Crippen LogP contribution in [0.25, 0.3) is 0 Å². The van der Waals surface area contributed by atoms with Gasteiger partial charge in [0.25, 0.3) is 0 Å². The molecule has 5 heteroatoms. The highest BCUT2D eigenvalue weighted by atomic mass is 32.2. The molecule has 19 heavy (non-hydrogen) atoms. The zero-order valence-electron chi connectivity index (χ0n) is 11.4. The van der Waals surface area contributed by atoms with Crippen molar-refractivity contribution in [1.82, 2.24) is 5.32 Å². The van der Waals surface area contributed by atoms with Gasteiger partial charge in [-0.1, -0.05) is 19.1 Å². The summed E-state index contributed by atoms with van der Waals surface area (Å²) in [5.74, 6) is 0.894. The maximum absolute atomic E-state index is 12.8. The second-order valence-corrected chi connectivity index (χ2v) is 5.55. The number of benzene rings is 1. The lowest BCUT2D eigenvalue weighted by molar-refractivity contribution is -0.119. The fourth-order valence-electron chi connectivity index (χ4n) is 1.54. The van der Waals surface area contributed by atoms with Crippen LogP contribution in [0.15, 0.2) is 24.3 Å². The van der Waals surface area contributed by atoms with Gasteiger partial charge in [0.15, 0.2) is 0 Å². The molecule has 0 aliphatic heterocycles. The van der Waals surface area contributed by atoms with E-state index in [0.717, 1.165) is 17.7 Å². The van der Waals surface area contributed by atoms with Crippen LogP contribution in [-0.2, 0) is 4.79 Å². The largest absolute Gasteiger partial charge is 0.349 e. The third-order valence-electron chi connectivity index (χ3n) is 2.84. The van der Waals surface area contributed by atoms with Crippen molar-refractivity contribution in [2.24, 2.45) is 5.73 Å². The Hall–Kier alpha value is -1.07. The summed E-state index contributed by atoms with van der Waals surface area (Å²) < 4.78 is 12.8. The van der Waals surface area contributed by atoms with E-state index in [4.69, 9.17) is 5.73 Å². The van der Waals surface area contributed by atoms with Gasteiger partial charge in [0.1, 0.15) is 5.82 Å². The fraction of sp³-hybridized carbons (Fsp3) is 0.500. The summed E-state index contributed by atoms with van der Waals surface area (Å²) in [5.41, 5.74) is 6.67. The normalized spacial score (nSPS) is 13.9. The molecule has 2 atom stereocenters. The molecule has 0 aromatic heterocycles.